The van der Waals surface area contributed by atoms with Crippen LogP contribution >= 0.6 is 0 Å². The van der Waals surface area contributed by atoms with Crippen molar-refractivity contribution in [1.29, 1.82) is 0 Å². The molecule has 7 heteroatoms. The van der Waals surface area contributed by atoms with Crippen LogP contribution in [-0.2, 0) is 17.1 Å². The number of sulfonamides is 1. The summed E-state index contributed by atoms with van der Waals surface area (Å²) in [7, 11) is -1.86. The molecule has 0 aliphatic carbocycles. The molecule has 1 N–H and O–H groups in total. The minimum absolute atomic E-state index is 0.173. The van der Waals surface area contributed by atoms with E-state index in [-0.39, 0.29) is 10.8 Å². The van der Waals surface area contributed by atoms with Crippen molar-refractivity contribution in [3.63, 3.8) is 0 Å². The molecule has 3 rings (SSSR count). The normalized spacial score (nSPS) is 15.9. The van der Waals surface area contributed by atoms with Crippen molar-refractivity contribution < 1.29 is 13.2 Å². The molecule has 0 atom stereocenters. The van der Waals surface area contributed by atoms with E-state index < -0.39 is 10.0 Å². The molecule has 1 saturated heterocycles. The van der Waals surface area contributed by atoms with Gasteiger partial charge in [-0.2, -0.15) is 4.31 Å². The molecule has 0 unspecified atom stereocenters. The van der Waals surface area contributed by atoms with E-state index in [0.29, 0.717) is 24.5 Å². The Hall–Kier alpha value is -2.12. The number of hydrogen-bond donors (Lipinski definition) is 1. The minimum atomic E-state index is -3.55. The number of rotatable bonds is 4. The van der Waals surface area contributed by atoms with Gasteiger partial charge in [-0.1, -0.05) is 24.6 Å². The second-order valence-corrected chi connectivity index (χ2v) is 8.34. The molecule has 1 aliphatic rings. The quantitative estimate of drug-likeness (QED) is 0.910. The first-order valence-corrected chi connectivity index (χ1v) is 9.87. The van der Waals surface area contributed by atoms with E-state index in [1.165, 1.54) is 16.6 Å². The van der Waals surface area contributed by atoms with E-state index in [4.69, 9.17) is 0 Å². The predicted molar refractivity (Wildman–Crippen MR) is 97.2 cm³/mol. The maximum atomic E-state index is 12.8. The van der Waals surface area contributed by atoms with Crippen LogP contribution in [0, 0.1) is 6.92 Å². The van der Waals surface area contributed by atoms with Crippen molar-refractivity contribution in [2.75, 3.05) is 18.4 Å². The number of nitrogens with zero attached hydrogens (tertiary/aromatic N) is 2. The van der Waals surface area contributed by atoms with E-state index in [1.54, 1.807) is 11.6 Å². The van der Waals surface area contributed by atoms with Crippen LogP contribution in [-0.4, -0.2) is 36.3 Å². The van der Waals surface area contributed by atoms with E-state index in [9.17, 15) is 13.2 Å². The highest BCUT2D eigenvalue weighted by Gasteiger charge is 2.28. The molecule has 1 fully saturated rings. The Labute approximate surface area is 148 Å². The molecular weight excluding hydrogens is 338 g/mol. The average Bonchev–Trinajstić information content (AvgIpc) is 3.00. The molecule has 0 spiro atoms. The van der Waals surface area contributed by atoms with Gasteiger partial charge in [-0.25, -0.2) is 8.42 Å². The summed E-state index contributed by atoms with van der Waals surface area (Å²) >= 11 is 0. The number of nitrogens with one attached hydrogen (secondary N) is 1. The van der Waals surface area contributed by atoms with Crippen LogP contribution in [0.25, 0.3) is 0 Å². The number of aryl methyl sites for hydroxylation is 2. The molecule has 1 amide bonds. The first-order chi connectivity index (χ1) is 11.9. The Kier molecular flexibility index (Phi) is 4.96. The molecule has 1 aliphatic heterocycles. The lowest BCUT2D eigenvalue weighted by Gasteiger charge is -2.25. The Bertz CT molecular complexity index is 881. The number of anilines is 1. The summed E-state index contributed by atoms with van der Waals surface area (Å²) in [5, 5.41) is 2.84. The first-order valence-electron chi connectivity index (χ1n) is 8.43. The third kappa shape index (κ3) is 3.62. The zero-order chi connectivity index (χ0) is 18.0. The van der Waals surface area contributed by atoms with E-state index in [1.807, 2.05) is 31.2 Å². The Morgan fingerprint density at radius 2 is 1.80 bits per heavy atom. The van der Waals surface area contributed by atoms with Crippen molar-refractivity contribution in [1.82, 2.24) is 8.87 Å². The number of piperidine rings is 1. The van der Waals surface area contributed by atoms with Crippen LogP contribution in [0.2, 0.25) is 0 Å². The van der Waals surface area contributed by atoms with Gasteiger partial charge < -0.3 is 9.88 Å². The zero-order valence-electron chi connectivity index (χ0n) is 14.5. The van der Waals surface area contributed by atoms with Gasteiger partial charge in [0.1, 0.15) is 10.6 Å². The second-order valence-electron chi connectivity index (χ2n) is 6.41. The molecule has 6 nitrogen and oxygen atoms in total. The molecule has 1 aromatic carbocycles. The van der Waals surface area contributed by atoms with Crippen LogP contribution in [0.3, 0.4) is 0 Å². The summed E-state index contributed by atoms with van der Waals surface area (Å²) in [6, 6.07) is 8.93. The number of carbonyl (C=O) groups is 1. The number of para-hydroxylation sites is 1. The molecule has 134 valence electrons. The predicted octanol–water partition coefficient (Wildman–Crippen LogP) is 2.76. The highest BCUT2D eigenvalue weighted by atomic mass is 32.2. The molecular formula is C18H23N3O3S. The smallest absolute Gasteiger partial charge is 0.272 e. The second kappa shape index (κ2) is 7.01. The van der Waals surface area contributed by atoms with Crippen LogP contribution in [0.5, 0.6) is 0 Å². The third-order valence-electron chi connectivity index (χ3n) is 4.56. The van der Waals surface area contributed by atoms with Crippen molar-refractivity contribution in [3.05, 3.63) is 47.8 Å². The van der Waals surface area contributed by atoms with Gasteiger partial charge in [0.25, 0.3) is 5.91 Å². The van der Waals surface area contributed by atoms with Crippen molar-refractivity contribution in [2.24, 2.45) is 7.05 Å². The minimum Gasteiger partial charge on any atom is -0.345 e. The number of aromatic nitrogens is 1. The summed E-state index contributed by atoms with van der Waals surface area (Å²) in [6.45, 7) is 3.00. The van der Waals surface area contributed by atoms with Crippen molar-refractivity contribution in [2.45, 2.75) is 31.1 Å². The summed E-state index contributed by atoms with van der Waals surface area (Å²) < 4.78 is 28.6. The van der Waals surface area contributed by atoms with Crippen molar-refractivity contribution in [3.8, 4) is 0 Å². The van der Waals surface area contributed by atoms with E-state index in [2.05, 4.69) is 5.32 Å². The lowest BCUT2D eigenvalue weighted by Crippen LogP contribution is -2.35. The summed E-state index contributed by atoms with van der Waals surface area (Å²) in [4.78, 5) is 12.7. The van der Waals surface area contributed by atoms with Gasteiger partial charge in [-0.15, -0.1) is 0 Å². The van der Waals surface area contributed by atoms with Gasteiger partial charge >= 0.3 is 0 Å². The number of carbonyl (C=O) groups excluding carboxylic acids is 1. The number of hydrogen-bond acceptors (Lipinski definition) is 3. The third-order valence-corrected chi connectivity index (χ3v) is 6.42. The molecule has 2 heterocycles. The highest BCUT2D eigenvalue weighted by molar-refractivity contribution is 7.89. The highest BCUT2D eigenvalue weighted by Crippen LogP contribution is 2.23. The van der Waals surface area contributed by atoms with Crippen molar-refractivity contribution >= 4 is 21.6 Å². The van der Waals surface area contributed by atoms with Crippen LogP contribution in [0.4, 0.5) is 5.69 Å². The van der Waals surface area contributed by atoms with Crippen LogP contribution in [0.1, 0.15) is 35.3 Å². The van der Waals surface area contributed by atoms with Gasteiger partial charge in [0.05, 0.1) is 0 Å². The molecule has 0 radical (unpaired) electrons. The fourth-order valence-corrected chi connectivity index (χ4v) is 4.64. The Morgan fingerprint density at radius 3 is 2.48 bits per heavy atom. The summed E-state index contributed by atoms with van der Waals surface area (Å²) in [6.07, 6.45) is 4.33. The molecule has 2 aromatic rings. The lowest BCUT2D eigenvalue weighted by molar-refractivity contribution is 0.101. The maximum Gasteiger partial charge on any atom is 0.272 e. The van der Waals surface area contributed by atoms with Crippen LogP contribution < -0.4 is 5.32 Å². The standard InChI is InChI=1S/C18H23N3O3S/c1-14-8-4-5-9-16(14)19-18(22)17-12-15(13-20(17)2)25(23,24)21-10-6-3-7-11-21/h4-5,8-9,12-13H,3,6-7,10-11H2,1-2H3,(H,19,22). The van der Waals surface area contributed by atoms with Gasteiger partial charge in [-0.05, 0) is 37.5 Å². The SMILES string of the molecule is Cc1ccccc1NC(=O)c1cc(S(=O)(=O)N2CCCCC2)cn1C. The lowest BCUT2D eigenvalue weighted by atomic mass is 10.2. The molecule has 25 heavy (non-hydrogen) atoms. The Balaban J connectivity index is 1.84. The number of amides is 1. The largest absolute Gasteiger partial charge is 0.345 e. The summed E-state index contributed by atoms with van der Waals surface area (Å²) in [5.74, 6) is -0.322. The molecule has 0 saturated carbocycles. The van der Waals surface area contributed by atoms with Gasteiger partial charge in [0.15, 0.2) is 0 Å². The topological polar surface area (TPSA) is 71.4 Å². The summed E-state index contributed by atoms with van der Waals surface area (Å²) in [5.41, 5.74) is 1.99. The zero-order valence-corrected chi connectivity index (χ0v) is 15.3. The number of benzene rings is 1. The fourth-order valence-electron chi connectivity index (χ4n) is 3.05. The van der Waals surface area contributed by atoms with E-state index >= 15 is 0 Å². The van der Waals surface area contributed by atoms with Gasteiger partial charge in [0, 0.05) is 32.0 Å². The van der Waals surface area contributed by atoms with Crippen LogP contribution in [0.15, 0.2) is 41.4 Å². The molecule has 0 bridgehead atoms. The molecule has 1 aromatic heterocycles. The van der Waals surface area contributed by atoms with E-state index in [0.717, 1.165) is 24.8 Å². The maximum absolute atomic E-state index is 12.8. The first kappa shape index (κ1) is 17.7. The fraction of sp³-hybridized carbons (Fsp3) is 0.389. The average molecular weight is 361 g/mol. The van der Waals surface area contributed by atoms with Gasteiger partial charge in [0.2, 0.25) is 10.0 Å². The van der Waals surface area contributed by atoms with Gasteiger partial charge in [-0.3, -0.25) is 4.79 Å². The monoisotopic (exact) mass is 361 g/mol. The Morgan fingerprint density at radius 1 is 1.12 bits per heavy atom.